The first-order valence-corrected chi connectivity index (χ1v) is 14.1. The van der Waals surface area contributed by atoms with Crippen LogP contribution >= 0.6 is 22.7 Å². The fourth-order valence-electron chi connectivity index (χ4n) is 5.57. The zero-order valence-electron chi connectivity index (χ0n) is 19.9. The van der Waals surface area contributed by atoms with Crippen molar-refractivity contribution in [1.29, 1.82) is 0 Å². The first kappa shape index (κ1) is 21.0. The molecule has 0 saturated carbocycles. The van der Waals surface area contributed by atoms with Crippen molar-refractivity contribution >= 4 is 90.9 Å². The summed E-state index contributed by atoms with van der Waals surface area (Å²) in [5.41, 5.74) is 3.54. The van der Waals surface area contributed by atoms with Crippen molar-refractivity contribution in [1.82, 2.24) is 0 Å². The highest BCUT2D eigenvalue weighted by molar-refractivity contribution is 7.29. The molecule has 0 aliphatic carbocycles. The summed E-state index contributed by atoms with van der Waals surface area (Å²) in [6.45, 7) is 0. The molecule has 174 valence electrons. The number of rotatable bonds is 3. The molecular formula is C34H21NS2. The van der Waals surface area contributed by atoms with Gasteiger partial charge in [-0.1, -0.05) is 72.8 Å². The van der Waals surface area contributed by atoms with Gasteiger partial charge in [0.05, 0.1) is 5.69 Å². The van der Waals surface area contributed by atoms with Crippen molar-refractivity contribution in [2.24, 2.45) is 0 Å². The summed E-state index contributed by atoms with van der Waals surface area (Å²) in [6, 6.07) is 46.2. The number of hydrogen-bond donors (Lipinski definition) is 0. The van der Waals surface area contributed by atoms with Crippen LogP contribution in [-0.4, -0.2) is 0 Å². The van der Waals surface area contributed by atoms with E-state index in [1.165, 1.54) is 56.8 Å². The van der Waals surface area contributed by atoms with Gasteiger partial charge in [0, 0.05) is 51.7 Å². The van der Waals surface area contributed by atoms with Crippen molar-refractivity contribution in [3.05, 3.63) is 127 Å². The summed E-state index contributed by atoms with van der Waals surface area (Å²) in [4.78, 5) is 2.40. The lowest BCUT2D eigenvalue weighted by molar-refractivity contribution is 1.30. The van der Waals surface area contributed by atoms with Crippen LogP contribution in [0.1, 0.15) is 0 Å². The van der Waals surface area contributed by atoms with Crippen molar-refractivity contribution in [3.8, 4) is 0 Å². The second-order valence-corrected chi connectivity index (χ2v) is 11.5. The first-order valence-electron chi connectivity index (χ1n) is 12.4. The maximum Gasteiger partial charge on any atom is 0.0555 e. The lowest BCUT2D eigenvalue weighted by Crippen LogP contribution is -2.09. The van der Waals surface area contributed by atoms with Crippen LogP contribution in [0.2, 0.25) is 0 Å². The van der Waals surface area contributed by atoms with E-state index in [-0.39, 0.29) is 0 Å². The van der Waals surface area contributed by atoms with Gasteiger partial charge in [-0.05, 0) is 65.4 Å². The molecule has 0 spiro atoms. The maximum atomic E-state index is 2.40. The second kappa shape index (κ2) is 8.17. The van der Waals surface area contributed by atoms with Gasteiger partial charge >= 0.3 is 0 Å². The molecule has 8 rings (SSSR count). The standard InChI is InChI=1S/C34H21NS2/c1-3-12-24(13-4-1)35(25-14-5-2-6-15-25)28-16-9-17-29-32(28)33-30(36-29)19-18-26-27-20-22-10-7-8-11-23(22)21-31(27)37-34(26)33/h1-21H. The first-order chi connectivity index (χ1) is 18.3. The third-order valence-corrected chi connectivity index (χ3v) is 9.52. The van der Waals surface area contributed by atoms with Gasteiger partial charge in [0.25, 0.3) is 0 Å². The van der Waals surface area contributed by atoms with E-state index in [9.17, 15) is 0 Å². The van der Waals surface area contributed by atoms with Crippen LogP contribution in [0.4, 0.5) is 17.1 Å². The number of benzene rings is 6. The van der Waals surface area contributed by atoms with Crippen molar-refractivity contribution in [2.45, 2.75) is 0 Å². The fraction of sp³-hybridized carbons (Fsp3) is 0. The number of thiophene rings is 2. The van der Waals surface area contributed by atoms with E-state index in [0.29, 0.717) is 0 Å². The van der Waals surface area contributed by atoms with Gasteiger partial charge in [-0.2, -0.15) is 0 Å². The lowest BCUT2D eigenvalue weighted by Gasteiger charge is -2.26. The fourth-order valence-corrected chi connectivity index (χ4v) is 8.06. The molecule has 0 saturated heterocycles. The van der Waals surface area contributed by atoms with Crippen LogP contribution in [-0.2, 0) is 0 Å². The average molecular weight is 508 g/mol. The molecule has 2 aromatic heterocycles. The summed E-state index contributed by atoms with van der Waals surface area (Å²) >= 11 is 3.82. The molecule has 8 aromatic rings. The summed E-state index contributed by atoms with van der Waals surface area (Å²) in [5.74, 6) is 0. The Morgan fingerprint density at radius 2 is 1.08 bits per heavy atom. The highest BCUT2D eigenvalue weighted by atomic mass is 32.1. The molecule has 2 heterocycles. The summed E-state index contributed by atoms with van der Waals surface area (Å²) < 4.78 is 5.38. The molecule has 0 amide bonds. The van der Waals surface area contributed by atoms with Gasteiger partial charge in [-0.25, -0.2) is 0 Å². The van der Waals surface area contributed by atoms with E-state index in [0.717, 1.165) is 11.4 Å². The minimum absolute atomic E-state index is 1.16. The molecule has 1 nitrogen and oxygen atoms in total. The van der Waals surface area contributed by atoms with Gasteiger partial charge in [0.2, 0.25) is 0 Å². The van der Waals surface area contributed by atoms with Gasteiger partial charge in [0.1, 0.15) is 0 Å². The minimum Gasteiger partial charge on any atom is -0.310 e. The zero-order valence-corrected chi connectivity index (χ0v) is 21.5. The Bertz CT molecular complexity index is 2050. The SMILES string of the molecule is c1ccc(N(c2ccccc2)c2cccc3sc4ccc5c6cc7ccccc7cc6sc5c4c23)cc1. The Kier molecular flexibility index (Phi) is 4.63. The number of hydrogen-bond acceptors (Lipinski definition) is 3. The second-order valence-electron chi connectivity index (χ2n) is 9.37. The van der Waals surface area contributed by atoms with Crippen LogP contribution < -0.4 is 4.90 Å². The molecule has 0 radical (unpaired) electrons. The molecule has 0 aliphatic heterocycles. The van der Waals surface area contributed by atoms with Gasteiger partial charge < -0.3 is 4.90 Å². The van der Waals surface area contributed by atoms with E-state index < -0.39 is 0 Å². The average Bonchev–Trinajstić information content (AvgIpc) is 3.51. The Morgan fingerprint density at radius 3 is 1.81 bits per heavy atom. The number of para-hydroxylation sites is 2. The van der Waals surface area contributed by atoms with E-state index in [1.807, 2.05) is 22.7 Å². The normalized spacial score (nSPS) is 11.8. The predicted octanol–water partition coefficient (Wildman–Crippen LogP) is 11.0. The number of fused-ring (bicyclic) bond motifs is 8. The van der Waals surface area contributed by atoms with E-state index in [2.05, 4.69) is 132 Å². The molecule has 0 fully saturated rings. The maximum absolute atomic E-state index is 2.40. The zero-order chi connectivity index (χ0) is 24.3. The third-order valence-electron chi connectivity index (χ3n) is 7.21. The van der Waals surface area contributed by atoms with E-state index in [1.54, 1.807) is 0 Å². The third kappa shape index (κ3) is 3.21. The summed E-state index contributed by atoms with van der Waals surface area (Å²) in [6.07, 6.45) is 0. The highest BCUT2D eigenvalue weighted by Gasteiger charge is 2.20. The Hall–Kier alpha value is -4.18. The predicted molar refractivity (Wildman–Crippen MR) is 164 cm³/mol. The molecule has 0 bridgehead atoms. The minimum atomic E-state index is 1.16. The van der Waals surface area contributed by atoms with Crippen molar-refractivity contribution < 1.29 is 0 Å². The topological polar surface area (TPSA) is 3.24 Å². The molecular weight excluding hydrogens is 487 g/mol. The number of nitrogens with zero attached hydrogens (tertiary/aromatic N) is 1. The highest BCUT2D eigenvalue weighted by Crippen LogP contribution is 2.49. The van der Waals surface area contributed by atoms with Gasteiger partial charge in [0.15, 0.2) is 0 Å². The van der Waals surface area contributed by atoms with Crippen LogP contribution in [0.25, 0.3) is 51.1 Å². The van der Waals surface area contributed by atoms with Gasteiger partial charge in [-0.15, -0.1) is 22.7 Å². The molecule has 0 unspecified atom stereocenters. The van der Waals surface area contributed by atoms with Crippen molar-refractivity contribution in [3.63, 3.8) is 0 Å². The summed E-state index contributed by atoms with van der Waals surface area (Å²) in [7, 11) is 0. The smallest absolute Gasteiger partial charge is 0.0555 e. The van der Waals surface area contributed by atoms with Crippen LogP contribution in [0.3, 0.4) is 0 Å². The quantitative estimate of drug-likeness (QED) is 0.230. The van der Waals surface area contributed by atoms with Crippen LogP contribution in [0, 0.1) is 0 Å². The Balaban J connectivity index is 1.50. The van der Waals surface area contributed by atoms with Crippen LogP contribution in [0.15, 0.2) is 127 Å². The Morgan fingerprint density at radius 1 is 0.432 bits per heavy atom. The van der Waals surface area contributed by atoms with Crippen molar-refractivity contribution in [2.75, 3.05) is 4.90 Å². The summed E-state index contributed by atoms with van der Waals surface area (Å²) in [5, 5.41) is 7.99. The lowest BCUT2D eigenvalue weighted by atomic mass is 10.0. The number of anilines is 3. The monoisotopic (exact) mass is 507 g/mol. The van der Waals surface area contributed by atoms with E-state index >= 15 is 0 Å². The molecule has 6 aromatic carbocycles. The molecule has 37 heavy (non-hydrogen) atoms. The van der Waals surface area contributed by atoms with E-state index in [4.69, 9.17) is 0 Å². The van der Waals surface area contributed by atoms with Crippen LogP contribution in [0.5, 0.6) is 0 Å². The van der Waals surface area contributed by atoms with Gasteiger partial charge in [-0.3, -0.25) is 0 Å². The molecule has 0 atom stereocenters. The molecule has 0 aliphatic rings. The molecule has 3 heteroatoms. The Labute approximate surface area is 222 Å². The molecule has 0 N–H and O–H groups in total. The largest absolute Gasteiger partial charge is 0.310 e.